The van der Waals surface area contributed by atoms with Crippen molar-refractivity contribution in [2.75, 3.05) is 6.61 Å². The molecular weight excluding hydrogens is 493 g/mol. The Labute approximate surface area is 171 Å². The van der Waals surface area contributed by atoms with E-state index in [1.165, 1.54) is 0 Å². The van der Waals surface area contributed by atoms with E-state index in [0.717, 1.165) is 12.3 Å². The van der Waals surface area contributed by atoms with Crippen LogP contribution in [0, 0.1) is 12.3 Å². The number of phosphoric ester groups is 1. The molecule has 2 heterocycles. The molecule has 0 amide bonds. The van der Waals surface area contributed by atoms with E-state index in [1.807, 2.05) is 4.98 Å². The molecule has 6 atom stereocenters. The van der Waals surface area contributed by atoms with Crippen molar-refractivity contribution in [1.82, 2.24) is 9.55 Å². The first-order valence-corrected chi connectivity index (χ1v) is 12.2. The van der Waals surface area contributed by atoms with Gasteiger partial charge in [0.2, 0.25) is 0 Å². The van der Waals surface area contributed by atoms with Gasteiger partial charge in [-0.25, -0.2) is 18.5 Å². The van der Waals surface area contributed by atoms with Gasteiger partial charge in [-0.05, 0) is 0 Å². The minimum atomic E-state index is -5.78. The number of hydrogen-bond donors (Lipinski definition) is 7. The molecule has 2 rings (SSSR count). The summed E-state index contributed by atoms with van der Waals surface area (Å²) < 4.78 is 50.8. The number of aromatic nitrogens is 2. The highest BCUT2D eigenvalue weighted by Crippen LogP contribution is 2.66. The third-order valence-electron chi connectivity index (χ3n) is 3.64. The van der Waals surface area contributed by atoms with E-state index in [-0.39, 0.29) is 0 Å². The first kappa shape index (κ1) is 25.8. The summed E-state index contributed by atoms with van der Waals surface area (Å²) in [5, 5.41) is 20.8. The highest BCUT2D eigenvalue weighted by Gasteiger charge is 2.56. The summed E-state index contributed by atoms with van der Waals surface area (Å²) in [7, 11) is -16.9. The molecule has 0 bridgehead atoms. The quantitative estimate of drug-likeness (QED) is 0.141. The fourth-order valence-electron chi connectivity index (χ4n) is 2.42. The van der Waals surface area contributed by atoms with Gasteiger partial charge in [0.05, 0.1) is 6.61 Å². The van der Waals surface area contributed by atoms with Crippen LogP contribution in [-0.4, -0.2) is 63.8 Å². The summed E-state index contributed by atoms with van der Waals surface area (Å²) in [6.45, 7) is -1.15. The molecule has 1 aromatic heterocycles. The van der Waals surface area contributed by atoms with E-state index in [4.69, 9.17) is 25.8 Å². The second-order valence-electron chi connectivity index (χ2n) is 5.85. The number of phosphoric acid groups is 3. The van der Waals surface area contributed by atoms with E-state index in [2.05, 4.69) is 13.1 Å². The molecule has 0 radical (unpaired) electrons. The van der Waals surface area contributed by atoms with Crippen molar-refractivity contribution in [2.24, 2.45) is 0 Å². The maximum atomic E-state index is 11.9. The number of aliphatic hydroxyl groups is 2. The average molecular weight is 508 g/mol. The molecule has 1 aliphatic rings. The van der Waals surface area contributed by atoms with Gasteiger partial charge in [-0.2, -0.15) is 8.62 Å². The predicted octanol–water partition coefficient (Wildman–Crippen LogP) is -2.50. The molecule has 1 saturated heterocycles. The minimum absolute atomic E-state index is 0.606. The van der Waals surface area contributed by atoms with Crippen LogP contribution in [0.2, 0.25) is 0 Å². The normalized spacial score (nSPS) is 30.3. The number of ether oxygens (including phenoxy) is 1. The summed E-state index contributed by atoms with van der Waals surface area (Å²) in [5.74, 6) is 1.79. The predicted molar refractivity (Wildman–Crippen MR) is 94.8 cm³/mol. The highest BCUT2D eigenvalue weighted by molar-refractivity contribution is 7.66. The van der Waals surface area contributed by atoms with Crippen LogP contribution in [0.25, 0.3) is 0 Å². The van der Waals surface area contributed by atoms with Gasteiger partial charge in [0, 0.05) is 12.3 Å². The molecule has 31 heavy (non-hydrogen) atoms. The van der Waals surface area contributed by atoms with E-state index in [1.54, 1.807) is 5.92 Å². The lowest BCUT2D eigenvalue weighted by Gasteiger charge is -2.26. The Morgan fingerprint density at radius 2 is 1.81 bits per heavy atom. The van der Waals surface area contributed by atoms with E-state index < -0.39 is 65.4 Å². The molecule has 3 unspecified atom stereocenters. The molecule has 0 spiro atoms. The fraction of sp³-hybridized carbons (Fsp3) is 0.455. The topological polar surface area (TPSA) is 264 Å². The van der Waals surface area contributed by atoms with Gasteiger partial charge in [0.25, 0.3) is 5.56 Å². The zero-order valence-electron chi connectivity index (χ0n) is 14.8. The van der Waals surface area contributed by atoms with Gasteiger partial charge in [-0.3, -0.25) is 18.9 Å². The molecule has 7 N–H and O–H groups in total. The maximum Gasteiger partial charge on any atom is 0.490 e. The second kappa shape index (κ2) is 8.81. The number of hydrogen-bond acceptors (Lipinski definition) is 11. The monoisotopic (exact) mass is 508 g/mol. The number of rotatable bonds is 8. The SMILES string of the molecule is C#CC1(O)[C@@H](O)[C@@H](COP(=O)(O)OP(=O)(O)OP(=O)(O)O)O[C@H]1n1ccc(=O)[nH]c1=O. The lowest BCUT2D eigenvalue weighted by Crippen LogP contribution is -2.48. The van der Waals surface area contributed by atoms with Crippen molar-refractivity contribution >= 4 is 23.5 Å². The largest absolute Gasteiger partial charge is 0.490 e. The van der Waals surface area contributed by atoms with Crippen LogP contribution in [0.1, 0.15) is 6.23 Å². The molecule has 174 valence electrons. The standard InChI is InChI=1S/C11H15N2O15P3/c1-2-11(17)8(15)6(26-9(11)13-4-3-7(14)12-10(13)16)5-25-30(21,22)28-31(23,24)27-29(18,19)20/h1,3-4,6,8-9,15,17H,5H2,(H,21,22)(H,23,24)(H,12,14,16)(H2,18,19,20)/t6-,8+,9-,11?/m1/s1. The number of aliphatic hydroxyl groups excluding tert-OH is 1. The third kappa shape index (κ3) is 6.28. The first-order valence-electron chi connectivity index (χ1n) is 7.63. The Bertz CT molecular complexity index is 1130. The summed E-state index contributed by atoms with van der Waals surface area (Å²) in [5.41, 5.74) is -4.49. The van der Waals surface area contributed by atoms with Gasteiger partial charge < -0.3 is 34.5 Å². The summed E-state index contributed by atoms with van der Waals surface area (Å²) >= 11 is 0. The van der Waals surface area contributed by atoms with Crippen LogP contribution in [0.3, 0.4) is 0 Å². The molecule has 0 aromatic carbocycles. The molecule has 0 aliphatic carbocycles. The average Bonchev–Trinajstić information content (AvgIpc) is 2.82. The number of H-pyrrole nitrogens is 1. The Kier molecular flexibility index (Phi) is 7.33. The van der Waals surface area contributed by atoms with Gasteiger partial charge in [0.15, 0.2) is 11.8 Å². The molecule has 0 saturated carbocycles. The highest BCUT2D eigenvalue weighted by atomic mass is 31.3. The first-order chi connectivity index (χ1) is 14.0. The van der Waals surface area contributed by atoms with Crippen LogP contribution in [0.4, 0.5) is 0 Å². The second-order valence-corrected chi connectivity index (χ2v) is 10.3. The molecule has 1 fully saturated rings. The molecular formula is C11H15N2O15P3. The number of aromatic amines is 1. The summed E-state index contributed by atoms with van der Waals surface area (Å²) in [4.78, 5) is 60.4. The smallest absolute Gasteiger partial charge is 0.386 e. The van der Waals surface area contributed by atoms with E-state index >= 15 is 0 Å². The number of nitrogens with zero attached hydrogens (tertiary/aromatic N) is 1. The summed E-state index contributed by atoms with van der Waals surface area (Å²) in [6.07, 6.45) is 0.460. The Morgan fingerprint density at radius 3 is 2.32 bits per heavy atom. The van der Waals surface area contributed by atoms with Crippen LogP contribution >= 0.6 is 23.5 Å². The van der Waals surface area contributed by atoms with Crippen molar-refractivity contribution in [3.63, 3.8) is 0 Å². The number of nitrogens with one attached hydrogen (secondary N) is 1. The van der Waals surface area contributed by atoms with Crippen molar-refractivity contribution in [3.8, 4) is 12.3 Å². The lowest BCUT2D eigenvalue weighted by atomic mass is 9.95. The lowest BCUT2D eigenvalue weighted by molar-refractivity contribution is -0.0761. The van der Waals surface area contributed by atoms with Crippen molar-refractivity contribution < 1.29 is 61.4 Å². The van der Waals surface area contributed by atoms with Crippen LogP contribution < -0.4 is 11.2 Å². The van der Waals surface area contributed by atoms with Crippen LogP contribution in [0.15, 0.2) is 21.9 Å². The van der Waals surface area contributed by atoms with Crippen molar-refractivity contribution in [2.45, 2.75) is 24.0 Å². The number of terminal acetylenes is 1. The molecule has 1 aliphatic heterocycles. The zero-order chi connectivity index (χ0) is 23.8. The Morgan fingerprint density at radius 1 is 1.19 bits per heavy atom. The van der Waals surface area contributed by atoms with Gasteiger partial charge in [-0.15, -0.1) is 6.42 Å². The van der Waals surface area contributed by atoms with E-state index in [0.29, 0.717) is 4.57 Å². The van der Waals surface area contributed by atoms with Gasteiger partial charge in [-0.1, -0.05) is 5.92 Å². The van der Waals surface area contributed by atoms with Crippen LogP contribution in [-0.2, 0) is 31.6 Å². The Balaban J connectivity index is 2.19. The van der Waals surface area contributed by atoms with Crippen molar-refractivity contribution in [1.29, 1.82) is 0 Å². The molecule has 1 aromatic rings. The van der Waals surface area contributed by atoms with Crippen molar-refractivity contribution in [3.05, 3.63) is 33.1 Å². The van der Waals surface area contributed by atoms with Gasteiger partial charge in [0.1, 0.15) is 12.2 Å². The van der Waals surface area contributed by atoms with Gasteiger partial charge >= 0.3 is 29.2 Å². The fourth-order valence-corrected chi connectivity index (χ4v) is 5.45. The van der Waals surface area contributed by atoms with Crippen LogP contribution in [0.5, 0.6) is 0 Å². The maximum absolute atomic E-state index is 11.9. The third-order valence-corrected chi connectivity index (χ3v) is 7.44. The minimum Gasteiger partial charge on any atom is -0.386 e. The summed E-state index contributed by atoms with van der Waals surface area (Å²) in [6, 6.07) is 0.869. The van der Waals surface area contributed by atoms with E-state index in [9.17, 15) is 38.4 Å². The molecule has 17 nitrogen and oxygen atoms in total. The zero-order valence-corrected chi connectivity index (χ0v) is 17.5. The molecule has 20 heteroatoms. The Hall–Kier alpha value is -1.47.